The number of alkyl halides is 1. The zero-order chi connectivity index (χ0) is 18.0. The summed E-state index contributed by atoms with van der Waals surface area (Å²) < 4.78 is 23.9. The fourth-order valence-electron chi connectivity index (χ4n) is 3.01. The number of aryl methyl sites for hydroxylation is 1. The highest BCUT2D eigenvalue weighted by Gasteiger charge is 2.34. The van der Waals surface area contributed by atoms with E-state index in [1.165, 1.54) is 18.1 Å². The average molecular weight is 368 g/mol. The second-order valence-corrected chi connectivity index (χ2v) is 7.14. The van der Waals surface area contributed by atoms with Crippen LogP contribution in [0.2, 0.25) is 0 Å². The van der Waals surface area contributed by atoms with E-state index in [0.717, 1.165) is 10.6 Å². The van der Waals surface area contributed by atoms with Crippen molar-refractivity contribution in [2.45, 2.75) is 32.1 Å². The monoisotopic (exact) mass is 368 g/mol. The third-order valence-electron chi connectivity index (χ3n) is 4.41. The van der Waals surface area contributed by atoms with Crippen molar-refractivity contribution in [2.75, 3.05) is 27.2 Å². The molecule has 9 heteroatoms. The number of rotatable bonds is 6. The van der Waals surface area contributed by atoms with Gasteiger partial charge in [-0.2, -0.15) is 0 Å². The number of amides is 1. The lowest BCUT2D eigenvalue weighted by molar-refractivity contribution is 0.0709. The zero-order valence-corrected chi connectivity index (χ0v) is 15.3. The van der Waals surface area contributed by atoms with E-state index in [0.29, 0.717) is 26.1 Å². The first-order chi connectivity index (χ1) is 12.0. The number of halogens is 1. The topological polar surface area (TPSA) is 71.7 Å². The Labute approximate surface area is 149 Å². The van der Waals surface area contributed by atoms with E-state index in [4.69, 9.17) is 9.26 Å². The quantitative estimate of drug-likeness (QED) is 0.778. The molecule has 1 saturated heterocycles. The first-order valence-corrected chi connectivity index (χ1v) is 8.89. The summed E-state index contributed by atoms with van der Waals surface area (Å²) in [5.41, 5.74) is 2.78. The van der Waals surface area contributed by atoms with E-state index in [1.807, 2.05) is 6.92 Å². The van der Waals surface area contributed by atoms with E-state index < -0.39 is 6.17 Å². The van der Waals surface area contributed by atoms with E-state index in [9.17, 15) is 9.18 Å². The lowest BCUT2D eigenvalue weighted by atomic mass is 10.2. The number of thiazole rings is 1. The molecule has 0 unspecified atom stereocenters. The van der Waals surface area contributed by atoms with E-state index in [-0.39, 0.29) is 23.6 Å². The third kappa shape index (κ3) is 3.98. The van der Waals surface area contributed by atoms with Crippen LogP contribution in [0.15, 0.2) is 16.1 Å². The molecule has 7 nitrogen and oxygen atoms in total. The van der Waals surface area contributed by atoms with E-state index >= 15 is 0 Å². The highest BCUT2D eigenvalue weighted by atomic mass is 32.1. The van der Waals surface area contributed by atoms with E-state index in [2.05, 4.69) is 15.0 Å². The summed E-state index contributed by atoms with van der Waals surface area (Å²) in [4.78, 5) is 21.4. The molecule has 2 aromatic rings. The van der Waals surface area contributed by atoms with Gasteiger partial charge in [-0.15, -0.1) is 11.3 Å². The van der Waals surface area contributed by atoms with Gasteiger partial charge in [0.1, 0.15) is 6.17 Å². The molecule has 1 aliphatic heterocycles. The number of hydrogen-bond donors (Lipinski definition) is 0. The Morgan fingerprint density at radius 1 is 1.60 bits per heavy atom. The molecule has 136 valence electrons. The van der Waals surface area contributed by atoms with Gasteiger partial charge in [0.05, 0.1) is 24.4 Å². The van der Waals surface area contributed by atoms with Crippen molar-refractivity contribution in [3.63, 3.8) is 0 Å². The Morgan fingerprint density at radius 2 is 2.40 bits per heavy atom. The number of nitrogens with zero attached hydrogens (tertiary/aromatic N) is 4. The fourth-order valence-corrected chi connectivity index (χ4v) is 3.81. The number of carbonyl (C=O) groups excluding carboxylic acids is 1. The Morgan fingerprint density at radius 3 is 3.04 bits per heavy atom. The van der Waals surface area contributed by atoms with Crippen molar-refractivity contribution in [1.82, 2.24) is 19.9 Å². The molecule has 3 heterocycles. The molecule has 2 aromatic heterocycles. The number of likely N-dealkylation sites (tertiary alicyclic amines) is 1. The molecule has 0 saturated carbocycles. The maximum Gasteiger partial charge on any atom is 0.292 e. The molecular formula is C16H21FN4O3S. The highest BCUT2D eigenvalue weighted by Crippen LogP contribution is 2.26. The Balaban J connectivity index is 1.64. The van der Waals surface area contributed by atoms with Crippen LogP contribution in [0.25, 0.3) is 0 Å². The average Bonchev–Trinajstić information content (AvgIpc) is 3.29. The Hall–Kier alpha value is -2.00. The summed E-state index contributed by atoms with van der Waals surface area (Å²) >= 11 is 1.57. The summed E-state index contributed by atoms with van der Waals surface area (Å²) in [5, 5.41) is 3.64. The second kappa shape index (κ2) is 7.49. The van der Waals surface area contributed by atoms with Crippen LogP contribution in [0.3, 0.4) is 0 Å². The van der Waals surface area contributed by atoms with Crippen molar-refractivity contribution in [3.05, 3.63) is 27.9 Å². The Kier molecular flexibility index (Phi) is 5.33. The molecule has 0 spiro atoms. The smallest absolute Gasteiger partial charge is 0.292 e. The van der Waals surface area contributed by atoms with Gasteiger partial charge in [-0.1, -0.05) is 0 Å². The molecule has 0 radical (unpaired) electrons. The summed E-state index contributed by atoms with van der Waals surface area (Å²) in [6.45, 7) is 3.40. The normalized spacial score (nSPS) is 20.8. The van der Waals surface area contributed by atoms with Gasteiger partial charge in [0, 0.05) is 37.6 Å². The first kappa shape index (κ1) is 17.8. The van der Waals surface area contributed by atoms with Crippen LogP contribution in [0, 0.1) is 6.92 Å². The molecule has 2 atom stereocenters. The minimum Gasteiger partial charge on any atom is -0.479 e. The first-order valence-electron chi connectivity index (χ1n) is 8.01. The zero-order valence-electron chi connectivity index (χ0n) is 14.4. The fraction of sp³-hybridized carbons (Fsp3) is 0.562. The predicted molar refractivity (Wildman–Crippen MR) is 90.6 cm³/mol. The SMILES string of the molecule is COc1cc(C(=O)N(C)C[C@@H]2C[C@H](F)CN2Cc2scnc2C)on1. The van der Waals surface area contributed by atoms with Gasteiger partial charge in [-0.25, -0.2) is 9.37 Å². The molecule has 0 N–H and O–H groups in total. The minimum absolute atomic E-state index is 0.0460. The predicted octanol–water partition coefficient (Wildman–Crippen LogP) is 2.13. The molecule has 0 aromatic carbocycles. The van der Waals surface area contributed by atoms with Crippen molar-refractivity contribution in [1.29, 1.82) is 0 Å². The van der Waals surface area contributed by atoms with Crippen LogP contribution in [-0.4, -0.2) is 65.3 Å². The summed E-state index contributed by atoms with van der Waals surface area (Å²) in [6, 6.07) is 1.40. The largest absolute Gasteiger partial charge is 0.479 e. The maximum atomic E-state index is 14.0. The van der Waals surface area contributed by atoms with Crippen molar-refractivity contribution < 1.29 is 18.4 Å². The van der Waals surface area contributed by atoms with Gasteiger partial charge in [0.15, 0.2) is 0 Å². The third-order valence-corrected chi connectivity index (χ3v) is 5.33. The van der Waals surface area contributed by atoms with Gasteiger partial charge in [-0.05, 0) is 18.5 Å². The van der Waals surface area contributed by atoms with Gasteiger partial charge in [-0.3, -0.25) is 9.69 Å². The summed E-state index contributed by atoms with van der Waals surface area (Å²) in [5.74, 6) is 0.0646. The molecule has 0 aliphatic carbocycles. The van der Waals surface area contributed by atoms with Crippen LogP contribution in [0.5, 0.6) is 5.88 Å². The standard InChI is InChI=1S/C16H21FN4O3S/c1-10-14(25-9-18-10)8-21-6-11(17)4-12(21)7-20(2)16(22)13-5-15(23-3)19-24-13/h5,9,11-12H,4,6-8H2,1-3H3/t11-,12-/m0/s1. The van der Waals surface area contributed by atoms with Crippen LogP contribution in [0.1, 0.15) is 27.5 Å². The summed E-state index contributed by atoms with van der Waals surface area (Å²) in [7, 11) is 3.13. The molecule has 1 amide bonds. The van der Waals surface area contributed by atoms with Crippen molar-refractivity contribution >= 4 is 17.2 Å². The molecule has 0 bridgehead atoms. The van der Waals surface area contributed by atoms with Gasteiger partial charge >= 0.3 is 0 Å². The van der Waals surface area contributed by atoms with Crippen LogP contribution >= 0.6 is 11.3 Å². The Bertz CT molecular complexity index is 735. The number of aromatic nitrogens is 2. The van der Waals surface area contributed by atoms with Crippen LogP contribution in [-0.2, 0) is 6.54 Å². The van der Waals surface area contributed by atoms with Gasteiger partial charge in [0.25, 0.3) is 11.8 Å². The number of ether oxygens (including phenoxy) is 1. The molecule has 1 fully saturated rings. The second-order valence-electron chi connectivity index (χ2n) is 6.20. The lowest BCUT2D eigenvalue weighted by Crippen LogP contribution is -2.40. The molecule has 1 aliphatic rings. The summed E-state index contributed by atoms with van der Waals surface area (Å²) in [6.07, 6.45) is -0.470. The molecular weight excluding hydrogens is 347 g/mol. The molecule has 25 heavy (non-hydrogen) atoms. The molecule has 3 rings (SSSR count). The number of carbonyl (C=O) groups is 1. The van der Waals surface area contributed by atoms with Crippen LogP contribution < -0.4 is 4.74 Å². The lowest BCUT2D eigenvalue weighted by Gasteiger charge is -2.27. The van der Waals surface area contributed by atoms with Crippen molar-refractivity contribution in [2.24, 2.45) is 0 Å². The van der Waals surface area contributed by atoms with Gasteiger partial charge in [0.2, 0.25) is 5.76 Å². The highest BCUT2D eigenvalue weighted by molar-refractivity contribution is 7.09. The van der Waals surface area contributed by atoms with Crippen molar-refractivity contribution in [3.8, 4) is 5.88 Å². The number of methoxy groups -OCH3 is 1. The van der Waals surface area contributed by atoms with Crippen LogP contribution in [0.4, 0.5) is 4.39 Å². The van der Waals surface area contributed by atoms with E-state index in [1.54, 1.807) is 23.9 Å². The minimum atomic E-state index is -0.882. The maximum absolute atomic E-state index is 14.0. The number of hydrogen-bond acceptors (Lipinski definition) is 7. The van der Waals surface area contributed by atoms with Gasteiger partial charge < -0.3 is 14.2 Å². The number of likely N-dealkylation sites (N-methyl/N-ethyl adjacent to an activating group) is 1.